The summed E-state index contributed by atoms with van der Waals surface area (Å²) in [5, 5.41) is 9.92. The number of carbonyl (C=O) groups is 1. The lowest BCUT2D eigenvalue weighted by atomic mass is 10.0. The number of ether oxygens (including phenoxy) is 1. The van der Waals surface area contributed by atoms with Crippen LogP contribution in [0.25, 0.3) is 0 Å². The van der Waals surface area contributed by atoms with Crippen LogP contribution in [0, 0.1) is 0 Å². The van der Waals surface area contributed by atoms with E-state index in [9.17, 15) is 9.90 Å². The Balaban J connectivity index is 2.07. The normalized spacial score (nSPS) is 21.5. The van der Waals surface area contributed by atoms with Crippen LogP contribution >= 0.6 is 0 Å². The van der Waals surface area contributed by atoms with Gasteiger partial charge in [-0.05, 0) is 18.6 Å². The van der Waals surface area contributed by atoms with Crippen molar-refractivity contribution < 1.29 is 14.6 Å². The summed E-state index contributed by atoms with van der Waals surface area (Å²) in [6.45, 7) is 1.78. The lowest BCUT2D eigenvalue weighted by Gasteiger charge is -2.09. The van der Waals surface area contributed by atoms with Gasteiger partial charge in [-0.25, -0.2) is 4.79 Å². The molecule has 1 aromatic rings. The van der Waals surface area contributed by atoms with Gasteiger partial charge in [0.05, 0.1) is 11.7 Å². The molecule has 16 heavy (non-hydrogen) atoms. The third-order valence-electron chi connectivity index (χ3n) is 2.57. The molecule has 1 aromatic carbocycles. The first-order valence-corrected chi connectivity index (χ1v) is 5.31. The van der Waals surface area contributed by atoms with Gasteiger partial charge >= 0.3 is 5.97 Å². The Labute approximate surface area is 94.4 Å². The molecule has 1 N–H and O–H groups in total. The molecule has 0 bridgehead atoms. The first-order valence-electron chi connectivity index (χ1n) is 5.31. The quantitative estimate of drug-likeness (QED) is 0.781. The van der Waals surface area contributed by atoms with Crippen molar-refractivity contribution in [3.8, 4) is 0 Å². The first kappa shape index (κ1) is 10.9. The van der Waals surface area contributed by atoms with Gasteiger partial charge in [0, 0.05) is 6.42 Å². The summed E-state index contributed by atoms with van der Waals surface area (Å²) in [5.74, 6) is -0.407. The topological polar surface area (TPSA) is 46.5 Å². The number of carbonyl (C=O) groups excluding carboxylic acids is 1. The molecule has 2 rings (SSSR count). The van der Waals surface area contributed by atoms with Gasteiger partial charge < -0.3 is 9.84 Å². The molecule has 1 aliphatic rings. The van der Waals surface area contributed by atoms with Crippen LogP contribution in [0.3, 0.4) is 0 Å². The first-order chi connectivity index (χ1) is 7.66. The minimum atomic E-state index is -0.778. The van der Waals surface area contributed by atoms with E-state index in [1.54, 1.807) is 13.0 Å². The van der Waals surface area contributed by atoms with Crippen LogP contribution in [0.2, 0.25) is 0 Å². The zero-order valence-electron chi connectivity index (χ0n) is 9.09. The maximum Gasteiger partial charge on any atom is 0.337 e. The van der Waals surface area contributed by atoms with Gasteiger partial charge in [-0.1, -0.05) is 30.3 Å². The fraction of sp³-hybridized carbons (Fsp3) is 0.308. The highest BCUT2D eigenvalue weighted by molar-refractivity contribution is 5.91. The summed E-state index contributed by atoms with van der Waals surface area (Å²) in [4.78, 5) is 11.4. The summed E-state index contributed by atoms with van der Waals surface area (Å²) >= 11 is 0. The number of hydrogen-bond donors (Lipinski definition) is 1. The summed E-state index contributed by atoms with van der Waals surface area (Å²) in [7, 11) is 0. The number of hydrogen-bond acceptors (Lipinski definition) is 3. The highest BCUT2D eigenvalue weighted by atomic mass is 16.5. The van der Waals surface area contributed by atoms with E-state index < -0.39 is 12.1 Å². The van der Waals surface area contributed by atoms with E-state index in [1.165, 1.54) is 0 Å². The molecule has 0 aromatic heterocycles. The van der Waals surface area contributed by atoms with Crippen LogP contribution in [0.5, 0.6) is 0 Å². The van der Waals surface area contributed by atoms with Crippen LogP contribution in [-0.2, 0) is 16.0 Å². The molecule has 0 saturated heterocycles. The third kappa shape index (κ3) is 2.31. The summed E-state index contributed by atoms with van der Waals surface area (Å²) in [5.41, 5.74) is 1.37. The van der Waals surface area contributed by atoms with E-state index in [4.69, 9.17) is 4.74 Å². The monoisotopic (exact) mass is 218 g/mol. The van der Waals surface area contributed by atoms with Crippen LogP contribution in [-0.4, -0.2) is 23.3 Å². The van der Waals surface area contributed by atoms with Crippen LogP contribution in [0.15, 0.2) is 42.0 Å². The lowest BCUT2D eigenvalue weighted by Crippen LogP contribution is -2.18. The fourth-order valence-corrected chi connectivity index (χ4v) is 1.79. The molecule has 0 saturated carbocycles. The maximum atomic E-state index is 11.4. The Morgan fingerprint density at radius 3 is 2.62 bits per heavy atom. The van der Waals surface area contributed by atoms with Gasteiger partial charge in [-0.2, -0.15) is 0 Å². The third-order valence-corrected chi connectivity index (χ3v) is 2.57. The predicted octanol–water partition coefficient (Wildman–Crippen LogP) is 1.46. The SMILES string of the molecule is CC1C=C(C(O)Cc2ccccc2)C(=O)O1. The number of benzene rings is 1. The van der Waals surface area contributed by atoms with Crippen LogP contribution in [0.1, 0.15) is 12.5 Å². The summed E-state index contributed by atoms with van der Waals surface area (Å²) in [6, 6.07) is 9.58. The molecule has 2 atom stereocenters. The molecular formula is C13H14O3. The molecule has 1 aliphatic heterocycles. The van der Waals surface area contributed by atoms with Crippen molar-refractivity contribution in [1.82, 2.24) is 0 Å². The molecule has 0 fully saturated rings. The van der Waals surface area contributed by atoms with Crippen molar-refractivity contribution in [3.05, 3.63) is 47.5 Å². The zero-order valence-corrected chi connectivity index (χ0v) is 9.09. The van der Waals surface area contributed by atoms with Crippen LogP contribution in [0.4, 0.5) is 0 Å². The Morgan fingerprint density at radius 2 is 2.06 bits per heavy atom. The lowest BCUT2D eigenvalue weighted by molar-refractivity contribution is -0.139. The molecule has 1 heterocycles. The number of aliphatic hydroxyl groups excluding tert-OH is 1. The van der Waals surface area contributed by atoms with E-state index in [2.05, 4.69) is 0 Å². The standard InChI is InChI=1S/C13H14O3/c1-9-7-11(13(15)16-9)12(14)8-10-5-3-2-4-6-10/h2-7,9,12,14H,8H2,1H3. The van der Waals surface area contributed by atoms with Crippen molar-refractivity contribution in [1.29, 1.82) is 0 Å². The highest BCUT2D eigenvalue weighted by Gasteiger charge is 2.27. The Bertz CT molecular complexity index is 408. The van der Waals surface area contributed by atoms with Crippen molar-refractivity contribution in [2.45, 2.75) is 25.6 Å². The van der Waals surface area contributed by atoms with E-state index in [-0.39, 0.29) is 6.10 Å². The molecule has 3 heteroatoms. The molecule has 3 nitrogen and oxygen atoms in total. The Morgan fingerprint density at radius 1 is 1.38 bits per heavy atom. The minimum absolute atomic E-state index is 0.229. The van der Waals surface area contributed by atoms with Crippen molar-refractivity contribution >= 4 is 5.97 Å². The van der Waals surface area contributed by atoms with Gasteiger partial charge in [-0.15, -0.1) is 0 Å². The maximum absolute atomic E-state index is 11.4. The fourth-order valence-electron chi connectivity index (χ4n) is 1.79. The smallest absolute Gasteiger partial charge is 0.337 e. The predicted molar refractivity (Wildman–Crippen MR) is 59.8 cm³/mol. The molecule has 0 aliphatic carbocycles. The van der Waals surface area contributed by atoms with E-state index in [0.717, 1.165) is 5.56 Å². The largest absolute Gasteiger partial charge is 0.455 e. The second kappa shape index (κ2) is 4.49. The summed E-state index contributed by atoms with van der Waals surface area (Å²) < 4.78 is 4.94. The number of aliphatic hydroxyl groups is 1. The van der Waals surface area contributed by atoms with E-state index in [1.807, 2.05) is 30.3 Å². The van der Waals surface area contributed by atoms with Crippen molar-refractivity contribution in [2.24, 2.45) is 0 Å². The van der Waals surface area contributed by atoms with E-state index >= 15 is 0 Å². The zero-order chi connectivity index (χ0) is 11.5. The van der Waals surface area contributed by atoms with Gasteiger partial charge in [0.2, 0.25) is 0 Å². The molecule has 0 radical (unpaired) electrons. The average molecular weight is 218 g/mol. The number of esters is 1. The molecule has 84 valence electrons. The molecular weight excluding hydrogens is 204 g/mol. The highest BCUT2D eigenvalue weighted by Crippen LogP contribution is 2.19. The molecule has 2 unspecified atom stereocenters. The second-order valence-electron chi connectivity index (χ2n) is 3.94. The van der Waals surface area contributed by atoms with E-state index in [0.29, 0.717) is 12.0 Å². The van der Waals surface area contributed by atoms with Crippen molar-refractivity contribution in [2.75, 3.05) is 0 Å². The van der Waals surface area contributed by atoms with Crippen LogP contribution < -0.4 is 0 Å². The Kier molecular flexibility index (Phi) is 3.06. The van der Waals surface area contributed by atoms with Gasteiger partial charge in [-0.3, -0.25) is 0 Å². The van der Waals surface area contributed by atoms with Gasteiger partial charge in [0.15, 0.2) is 0 Å². The van der Waals surface area contributed by atoms with Crippen molar-refractivity contribution in [3.63, 3.8) is 0 Å². The summed E-state index contributed by atoms with van der Waals surface area (Å²) in [6.07, 6.45) is 1.11. The Hall–Kier alpha value is -1.61. The minimum Gasteiger partial charge on any atom is -0.455 e. The van der Waals surface area contributed by atoms with Gasteiger partial charge in [0.1, 0.15) is 6.10 Å². The molecule has 0 spiro atoms. The number of rotatable bonds is 3. The second-order valence-corrected chi connectivity index (χ2v) is 3.94. The molecule has 0 amide bonds. The van der Waals surface area contributed by atoms with Gasteiger partial charge in [0.25, 0.3) is 0 Å². The average Bonchev–Trinajstić information content (AvgIpc) is 2.59. The number of cyclic esters (lactones) is 1.